The van der Waals surface area contributed by atoms with Crippen LogP contribution in [-0.4, -0.2) is 43.0 Å². The largest absolute Gasteiger partial charge is 0.368 e. The number of nitrogens with two attached hydrogens (primary N) is 1. The van der Waals surface area contributed by atoms with Crippen LogP contribution in [0.25, 0.3) is 0 Å². The Kier molecular flexibility index (Phi) is 7.34. The van der Waals surface area contributed by atoms with E-state index < -0.39 is 0 Å². The third kappa shape index (κ3) is 6.47. The lowest BCUT2D eigenvalue weighted by Crippen LogP contribution is -2.44. The van der Waals surface area contributed by atoms with Crippen LogP contribution in [0.15, 0.2) is 0 Å². The smallest absolute Gasteiger partial charge is 0.234 e. The number of nitrogens with one attached hydrogen (secondary N) is 1. The Morgan fingerprint density at radius 1 is 1.47 bits per heavy atom. The van der Waals surface area contributed by atoms with Crippen molar-refractivity contribution in [3.8, 4) is 0 Å². The molecule has 0 bridgehead atoms. The van der Waals surface area contributed by atoms with Gasteiger partial charge in [-0.25, -0.2) is 0 Å². The third-order valence-corrected chi connectivity index (χ3v) is 2.64. The van der Waals surface area contributed by atoms with Crippen molar-refractivity contribution in [3.63, 3.8) is 0 Å². The second-order valence-corrected chi connectivity index (χ2v) is 4.27. The van der Waals surface area contributed by atoms with Gasteiger partial charge in [-0.3, -0.25) is 4.79 Å². The van der Waals surface area contributed by atoms with E-state index in [9.17, 15) is 4.79 Å². The molecule has 0 heterocycles. The number of nitrogens with zero attached hydrogens (tertiary/aromatic N) is 1. The normalized spacial score (nSPS) is 13.5. The van der Waals surface area contributed by atoms with E-state index >= 15 is 0 Å². The SMILES string of the molecule is CCCNC(CCN(C)C(C)C)C(N)=O. The van der Waals surface area contributed by atoms with E-state index in [2.05, 4.69) is 38.0 Å². The van der Waals surface area contributed by atoms with Gasteiger partial charge < -0.3 is 16.0 Å². The van der Waals surface area contributed by atoms with Gasteiger partial charge in [0, 0.05) is 12.6 Å². The van der Waals surface area contributed by atoms with Crippen LogP contribution in [0.5, 0.6) is 0 Å². The van der Waals surface area contributed by atoms with Gasteiger partial charge in [-0.15, -0.1) is 0 Å². The molecule has 0 aromatic carbocycles. The lowest BCUT2D eigenvalue weighted by Gasteiger charge is -2.23. The third-order valence-electron chi connectivity index (χ3n) is 2.64. The summed E-state index contributed by atoms with van der Waals surface area (Å²) in [5, 5.41) is 3.16. The molecular weight excluding hydrogens is 190 g/mol. The van der Waals surface area contributed by atoms with Crippen LogP contribution in [0.1, 0.15) is 33.6 Å². The molecule has 15 heavy (non-hydrogen) atoms. The van der Waals surface area contributed by atoms with E-state index in [1.807, 2.05) is 0 Å². The number of carbonyl (C=O) groups excluding carboxylic acids is 1. The van der Waals surface area contributed by atoms with Gasteiger partial charge in [-0.1, -0.05) is 6.92 Å². The molecule has 0 radical (unpaired) electrons. The Labute approximate surface area is 93.2 Å². The molecule has 0 aromatic heterocycles. The fraction of sp³-hybridized carbons (Fsp3) is 0.909. The van der Waals surface area contributed by atoms with E-state index in [0.717, 1.165) is 25.9 Å². The van der Waals surface area contributed by atoms with Crippen molar-refractivity contribution in [2.75, 3.05) is 20.1 Å². The van der Waals surface area contributed by atoms with Crippen LogP contribution in [0.2, 0.25) is 0 Å². The monoisotopic (exact) mass is 215 g/mol. The maximum absolute atomic E-state index is 11.1. The number of primary amides is 1. The minimum atomic E-state index is -0.249. The summed E-state index contributed by atoms with van der Waals surface area (Å²) in [5.74, 6) is -0.249. The first-order valence-corrected chi connectivity index (χ1v) is 5.72. The van der Waals surface area contributed by atoms with E-state index in [1.54, 1.807) is 0 Å². The molecule has 0 rings (SSSR count). The fourth-order valence-electron chi connectivity index (χ4n) is 1.25. The molecule has 0 saturated carbocycles. The first-order chi connectivity index (χ1) is 6.99. The van der Waals surface area contributed by atoms with Gasteiger partial charge >= 0.3 is 0 Å². The molecular formula is C11H25N3O. The zero-order valence-electron chi connectivity index (χ0n) is 10.4. The summed E-state index contributed by atoms with van der Waals surface area (Å²) in [6.07, 6.45) is 1.80. The Morgan fingerprint density at radius 2 is 2.07 bits per heavy atom. The highest BCUT2D eigenvalue weighted by molar-refractivity contribution is 5.79. The van der Waals surface area contributed by atoms with Gasteiger partial charge in [0.1, 0.15) is 0 Å². The van der Waals surface area contributed by atoms with Crippen LogP contribution in [0.3, 0.4) is 0 Å². The molecule has 0 aliphatic rings. The first-order valence-electron chi connectivity index (χ1n) is 5.72. The molecule has 4 heteroatoms. The van der Waals surface area contributed by atoms with Crippen LogP contribution in [-0.2, 0) is 4.79 Å². The van der Waals surface area contributed by atoms with E-state index in [0.29, 0.717) is 6.04 Å². The molecule has 4 nitrogen and oxygen atoms in total. The minimum absolute atomic E-state index is 0.189. The van der Waals surface area contributed by atoms with Crippen molar-refractivity contribution in [2.24, 2.45) is 5.73 Å². The van der Waals surface area contributed by atoms with Crippen LogP contribution in [0.4, 0.5) is 0 Å². The van der Waals surface area contributed by atoms with Crippen molar-refractivity contribution in [1.29, 1.82) is 0 Å². The molecule has 0 spiro atoms. The molecule has 1 unspecified atom stereocenters. The zero-order chi connectivity index (χ0) is 11.8. The summed E-state index contributed by atoms with van der Waals surface area (Å²) in [6.45, 7) is 8.09. The highest BCUT2D eigenvalue weighted by Crippen LogP contribution is 1.99. The van der Waals surface area contributed by atoms with Crippen molar-refractivity contribution in [1.82, 2.24) is 10.2 Å². The molecule has 3 N–H and O–H groups in total. The predicted molar refractivity (Wildman–Crippen MR) is 63.7 cm³/mol. The van der Waals surface area contributed by atoms with Gasteiger partial charge in [0.2, 0.25) is 5.91 Å². The lowest BCUT2D eigenvalue weighted by molar-refractivity contribution is -0.120. The van der Waals surface area contributed by atoms with Gasteiger partial charge in [0.25, 0.3) is 0 Å². The number of hydrogen-bond donors (Lipinski definition) is 2. The maximum Gasteiger partial charge on any atom is 0.234 e. The number of amides is 1. The van der Waals surface area contributed by atoms with Crippen molar-refractivity contribution in [3.05, 3.63) is 0 Å². The summed E-state index contributed by atoms with van der Waals surface area (Å²) in [4.78, 5) is 13.3. The van der Waals surface area contributed by atoms with Gasteiger partial charge in [0.15, 0.2) is 0 Å². The Hall–Kier alpha value is -0.610. The van der Waals surface area contributed by atoms with E-state index in [4.69, 9.17) is 5.73 Å². The molecule has 0 saturated heterocycles. The van der Waals surface area contributed by atoms with Crippen molar-refractivity contribution >= 4 is 5.91 Å². The first kappa shape index (κ1) is 14.4. The zero-order valence-corrected chi connectivity index (χ0v) is 10.4. The Bertz CT molecular complexity index is 183. The summed E-state index contributed by atoms with van der Waals surface area (Å²) >= 11 is 0. The van der Waals surface area contributed by atoms with Crippen molar-refractivity contribution in [2.45, 2.75) is 45.7 Å². The Morgan fingerprint density at radius 3 is 2.47 bits per heavy atom. The molecule has 90 valence electrons. The average molecular weight is 215 g/mol. The lowest BCUT2D eigenvalue weighted by atomic mass is 10.1. The van der Waals surface area contributed by atoms with Crippen molar-refractivity contribution < 1.29 is 4.79 Å². The average Bonchev–Trinajstić information content (AvgIpc) is 2.16. The molecule has 1 atom stereocenters. The van der Waals surface area contributed by atoms with Gasteiger partial charge in [-0.05, 0) is 40.3 Å². The predicted octanol–water partition coefficient (Wildman–Crippen LogP) is 0.570. The summed E-state index contributed by atoms with van der Waals surface area (Å²) in [6, 6.07) is 0.316. The molecule has 0 aliphatic carbocycles. The summed E-state index contributed by atoms with van der Waals surface area (Å²) in [5.41, 5.74) is 5.32. The maximum atomic E-state index is 11.1. The Balaban J connectivity index is 3.90. The van der Waals surface area contributed by atoms with Crippen LogP contribution < -0.4 is 11.1 Å². The van der Waals surface area contributed by atoms with E-state index in [1.165, 1.54) is 0 Å². The highest BCUT2D eigenvalue weighted by Gasteiger charge is 2.15. The molecule has 0 fully saturated rings. The van der Waals surface area contributed by atoms with Crippen LogP contribution >= 0.6 is 0 Å². The molecule has 0 aromatic rings. The summed E-state index contributed by atoms with van der Waals surface area (Å²) < 4.78 is 0. The van der Waals surface area contributed by atoms with Gasteiger partial charge in [0.05, 0.1) is 6.04 Å². The highest BCUT2D eigenvalue weighted by atomic mass is 16.1. The number of carbonyl (C=O) groups is 1. The topological polar surface area (TPSA) is 58.4 Å². The molecule has 0 aliphatic heterocycles. The van der Waals surface area contributed by atoms with Gasteiger partial charge in [-0.2, -0.15) is 0 Å². The quantitative estimate of drug-likeness (QED) is 0.622. The molecule has 1 amide bonds. The number of rotatable bonds is 8. The fourth-order valence-corrected chi connectivity index (χ4v) is 1.25. The summed E-state index contributed by atoms with van der Waals surface area (Å²) in [7, 11) is 2.06. The minimum Gasteiger partial charge on any atom is -0.368 e. The second kappa shape index (κ2) is 7.65. The van der Waals surface area contributed by atoms with E-state index in [-0.39, 0.29) is 11.9 Å². The standard InChI is InChI=1S/C11H25N3O/c1-5-7-13-10(11(12)15)6-8-14(4)9(2)3/h9-10,13H,5-8H2,1-4H3,(H2,12,15). The second-order valence-electron chi connectivity index (χ2n) is 4.27. The number of hydrogen-bond acceptors (Lipinski definition) is 3. The van der Waals surface area contributed by atoms with Crippen LogP contribution in [0, 0.1) is 0 Å².